The second-order valence-electron chi connectivity index (χ2n) is 11.1. The Kier molecular flexibility index (Phi) is 9.49. The lowest BCUT2D eigenvalue weighted by Crippen LogP contribution is -2.08. The Morgan fingerprint density at radius 2 is 1.26 bits per heavy atom. The van der Waals surface area contributed by atoms with Gasteiger partial charge in [0.2, 0.25) is 0 Å². The summed E-state index contributed by atoms with van der Waals surface area (Å²) in [6.45, 7) is 15.1. The van der Waals surface area contributed by atoms with E-state index >= 15 is 0 Å². The molecule has 4 aromatic rings. The van der Waals surface area contributed by atoms with Gasteiger partial charge in [-0.15, -0.1) is 0 Å². The van der Waals surface area contributed by atoms with E-state index in [2.05, 4.69) is 38.2 Å². The van der Waals surface area contributed by atoms with Gasteiger partial charge in [-0.1, -0.05) is 26.0 Å². The molecule has 8 heteroatoms. The molecular weight excluding hydrogens is 550 g/mol. The van der Waals surface area contributed by atoms with Crippen molar-refractivity contribution in [2.75, 3.05) is 5.32 Å². The second-order valence-corrected chi connectivity index (χ2v) is 12.5. The maximum absolute atomic E-state index is 11.3. The zero-order valence-electron chi connectivity index (χ0n) is 25.2. The van der Waals surface area contributed by atoms with Crippen LogP contribution in [0.25, 0.3) is 0 Å². The first kappa shape index (κ1) is 30.9. The van der Waals surface area contributed by atoms with Gasteiger partial charge in [0.25, 0.3) is 10.1 Å². The maximum atomic E-state index is 11.3. The average molecular weight is 590 g/mol. The summed E-state index contributed by atoms with van der Waals surface area (Å²) >= 11 is 0. The Bertz CT molecular complexity index is 1620. The Balaban J connectivity index is 1.51. The molecule has 0 aliphatic rings. The van der Waals surface area contributed by atoms with Crippen molar-refractivity contribution in [3.8, 4) is 28.7 Å². The van der Waals surface area contributed by atoms with E-state index in [-0.39, 0.29) is 11.0 Å². The molecule has 4 rings (SSSR count). The smallest absolute Gasteiger partial charge is 0.294 e. The van der Waals surface area contributed by atoms with Crippen molar-refractivity contribution in [2.24, 2.45) is 0 Å². The molecule has 222 valence electrons. The molecule has 4 aromatic carbocycles. The van der Waals surface area contributed by atoms with Gasteiger partial charge >= 0.3 is 0 Å². The highest BCUT2D eigenvalue weighted by atomic mass is 32.2. The third-order valence-electron chi connectivity index (χ3n) is 6.74. The number of rotatable bonds is 11. The summed E-state index contributed by atoms with van der Waals surface area (Å²) in [4.78, 5) is -0.183. The molecule has 2 N–H and O–H groups in total. The maximum Gasteiger partial charge on any atom is 0.294 e. The van der Waals surface area contributed by atoms with Crippen molar-refractivity contribution in [1.29, 1.82) is 0 Å². The zero-order valence-corrected chi connectivity index (χ0v) is 26.0. The monoisotopic (exact) mass is 589 g/mol. The number of hydrogen-bond acceptors (Lipinski definition) is 6. The Hall–Kier alpha value is -4.01. The summed E-state index contributed by atoms with van der Waals surface area (Å²) in [6.07, 6.45) is 0.0952. The lowest BCUT2D eigenvalue weighted by molar-refractivity contribution is 0.239. The van der Waals surface area contributed by atoms with Gasteiger partial charge in [0.05, 0.1) is 11.0 Å². The standard InChI is InChI=1S/C34H39NO6S/c1-21(2)26-16-23(5)34(41-31-17-24(6)33(25(7)18-31)39-22(3)4)27(19-26)20-35-28-8-10-29(11-9-28)40-30-12-14-32(15-13-30)42(36,37)38/h8-19,21-22,35H,20H2,1-7H3,(H,36,37,38). The van der Waals surface area contributed by atoms with Crippen LogP contribution >= 0.6 is 0 Å². The van der Waals surface area contributed by atoms with Crippen LogP contribution in [-0.4, -0.2) is 19.1 Å². The summed E-state index contributed by atoms with van der Waals surface area (Å²) in [7, 11) is -4.25. The zero-order chi connectivity index (χ0) is 30.6. The van der Waals surface area contributed by atoms with Crippen LogP contribution in [0, 0.1) is 20.8 Å². The highest BCUT2D eigenvalue weighted by molar-refractivity contribution is 7.85. The fourth-order valence-electron chi connectivity index (χ4n) is 4.65. The van der Waals surface area contributed by atoms with Crippen molar-refractivity contribution < 1.29 is 27.2 Å². The van der Waals surface area contributed by atoms with Crippen LogP contribution in [0.3, 0.4) is 0 Å². The van der Waals surface area contributed by atoms with Crippen molar-refractivity contribution >= 4 is 15.8 Å². The molecule has 0 aliphatic carbocycles. The normalized spacial score (nSPS) is 11.6. The van der Waals surface area contributed by atoms with Crippen LogP contribution in [0.5, 0.6) is 28.7 Å². The van der Waals surface area contributed by atoms with E-state index in [1.54, 1.807) is 0 Å². The lowest BCUT2D eigenvalue weighted by atomic mass is 9.97. The first-order valence-corrected chi connectivity index (χ1v) is 15.4. The topological polar surface area (TPSA) is 94.1 Å². The summed E-state index contributed by atoms with van der Waals surface area (Å²) in [5.74, 6) is 3.92. The molecule has 0 fully saturated rings. The van der Waals surface area contributed by atoms with Crippen molar-refractivity contribution in [1.82, 2.24) is 0 Å². The van der Waals surface area contributed by atoms with E-state index in [4.69, 9.17) is 18.8 Å². The molecule has 0 aliphatic heterocycles. The Morgan fingerprint density at radius 3 is 1.79 bits per heavy atom. The number of nitrogens with one attached hydrogen (secondary N) is 1. The molecule has 0 saturated heterocycles. The van der Waals surface area contributed by atoms with Gasteiger partial charge in [-0.05, 0) is 123 Å². The molecule has 42 heavy (non-hydrogen) atoms. The van der Waals surface area contributed by atoms with E-state index in [1.165, 1.54) is 29.8 Å². The van der Waals surface area contributed by atoms with Crippen LogP contribution in [0.15, 0.2) is 77.7 Å². The van der Waals surface area contributed by atoms with E-state index < -0.39 is 10.1 Å². The molecule has 0 heterocycles. The number of anilines is 1. The van der Waals surface area contributed by atoms with Gasteiger partial charge in [-0.3, -0.25) is 4.55 Å². The van der Waals surface area contributed by atoms with Gasteiger partial charge in [-0.25, -0.2) is 0 Å². The quantitative estimate of drug-likeness (QED) is 0.169. The highest BCUT2D eigenvalue weighted by Gasteiger charge is 2.16. The molecule has 0 radical (unpaired) electrons. The molecule has 0 spiro atoms. The SMILES string of the molecule is Cc1cc(Oc2c(C)cc(C(C)C)cc2CNc2ccc(Oc3ccc(S(=O)(=O)O)cc3)cc2)cc(C)c1OC(C)C. The number of benzene rings is 4. The number of hydrogen-bond donors (Lipinski definition) is 2. The summed E-state index contributed by atoms with van der Waals surface area (Å²) in [5, 5.41) is 3.50. The van der Waals surface area contributed by atoms with Crippen LogP contribution < -0.4 is 19.5 Å². The van der Waals surface area contributed by atoms with Crippen molar-refractivity contribution in [2.45, 2.75) is 71.9 Å². The highest BCUT2D eigenvalue weighted by Crippen LogP contribution is 2.36. The first-order chi connectivity index (χ1) is 19.8. The minimum Gasteiger partial charge on any atom is -0.490 e. The summed E-state index contributed by atoms with van der Waals surface area (Å²) in [5.41, 5.74) is 6.34. The Morgan fingerprint density at radius 1 is 0.714 bits per heavy atom. The van der Waals surface area contributed by atoms with Crippen molar-refractivity contribution in [3.63, 3.8) is 0 Å². The molecule has 0 unspecified atom stereocenters. The average Bonchev–Trinajstić information content (AvgIpc) is 2.91. The van der Waals surface area contributed by atoms with E-state index in [0.717, 1.165) is 45.2 Å². The Labute approximate surface area is 249 Å². The molecule has 0 aromatic heterocycles. The van der Waals surface area contributed by atoms with Gasteiger partial charge in [0.15, 0.2) is 0 Å². The fraction of sp³-hybridized carbons (Fsp3) is 0.294. The first-order valence-electron chi connectivity index (χ1n) is 14.0. The molecular formula is C34H39NO6S. The fourth-order valence-corrected chi connectivity index (χ4v) is 5.13. The lowest BCUT2D eigenvalue weighted by Gasteiger charge is -2.20. The van der Waals surface area contributed by atoms with Crippen molar-refractivity contribution in [3.05, 3.63) is 101 Å². The van der Waals surface area contributed by atoms with Gasteiger partial charge in [-0.2, -0.15) is 8.42 Å². The van der Waals surface area contributed by atoms with Gasteiger partial charge in [0.1, 0.15) is 28.7 Å². The predicted octanol–water partition coefficient (Wildman–Crippen LogP) is 8.97. The van der Waals surface area contributed by atoms with Crippen LogP contribution in [0.1, 0.15) is 61.4 Å². The minimum atomic E-state index is -4.25. The van der Waals surface area contributed by atoms with Gasteiger partial charge < -0.3 is 19.5 Å². The van der Waals surface area contributed by atoms with Crippen LogP contribution in [0.2, 0.25) is 0 Å². The van der Waals surface area contributed by atoms with E-state index in [9.17, 15) is 8.42 Å². The molecule has 0 atom stereocenters. The van der Waals surface area contributed by atoms with E-state index in [0.29, 0.717) is 24.0 Å². The largest absolute Gasteiger partial charge is 0.490 e. The number of aryl methyl sites for hydroxylation is 3. The van der Waals surface area contributed by atoms with Gasteiger partial charge in [0, 0.05) is 17.8 Å². The molecule has 0 amide bonds. The minimum absolute atomic E-state index is 0.0952. The second kappa shape index (κ2) is 12.9. The molecule has 0 bridgehead atoms. The summed E-state index contributed by atoms with van der Waals surface area (Å²) < 4.78 is 50.0. The van der Waals surface area contributed by atoms with Crippen LogP contribution in [0.4, 0.5) is 5.69 Å². The third-order valence-corrected chi connectivity index (χ3v) is 7.61. The third kappa shape index (κ3) is 7.84. The van der Waals surface area contributed by atoms with E-state index in [1.807, 2.05) is 64.1 Å². The van der Waals surface area contributed by atoms with Crippen LogP contribution in [-0.2, 0) is 16.7 Å². The predicted molar refractivity (Wildman–Crippen MR) is 167 cm³/mol. The molecule has 0 saturated carbocycles. The summed E-state index contributed by atoms with van der Waals surface area (Å²) in [6, 6.07) is 21.5. The molecule has 7 nitrogen and oxygen atoms in total. The number of ether oxygens (including phenoxy) is 3.